The quantitative estimate of drug-likeness (QED) is 0.630. The van der Waals surface area contributed by atoms with Crippen LogP contribution in [0.25, 0.3) is 6.08 Å². The van der Waals surface area contributed by atoms with Crippen LogP contribution in [0.15, 0.2) is 58.6 Å². The van der Waals surface area contributed by atoms with E-state index in [9.17, 15) is 14.4 Å². The van der Waals surface area contributed by atoms with Crippen molar-refractivity contribution in [3.05, 3.63) is 75.3 Å². The summed E-state index contributed by atoms with van der Waals surface area (Å²) >= 11 is 3.52. The van der Waals surface area contributed by atoms with E-state index in [1.54, 1.807) is 0 Å². The lowest BCUT2D eigenvalue weighted by atomic mass is 9.97. The topological polar surface area (TPSA) is 75.3 Å². The van der Waals surface area contributed by atoms with Crippen molar-refractivity contribution in [1.82, 2.24) is 10.6 Å². The smallest absolute Gasteiger partial charge is 0.273 e. The predicted octanol–water partition coefficient (Wildman–Crippen LogP) is 2.79. The van der Waals surface area contributed by atoms with Crippen molar-refractivity contribution >= 4 is 39.9 Å². The summed E-state index contributed by atoms with van der Waals surface area (Å²) in [5.41, 5.74) is 2.72. The SMILES string of the molecule is O=C1NC(=O)C(=Cc2ccccc2Cc2ccccc2Br)C(=O)N1. The number of amides is 4. The Morgan fingerprint density at radius 1 is 0.833 bits per heavy atom. The van der Waals surface area contributed by atoms with Crippen molar-refractivity contribution in [2.75, 3.05) is 0 Å². The maximum Gasteiger partial charge on any atom is 0.328 e. The molecule has 2 N–H and O–H groups in total. The highest BCUT2D eigenvalue weighted by Gasteiger charge is 2.27. The Labute approximate surface area is 146 Å². The Bertz CT molecular complexity index is 852. The van der Waals surface area contributed by atoms with E-state index in [2.05, 4.69) is 26.6 Å². The third kappa shape index (κ3) is 3.44. The van der Waals surface area contributed by atoms with Crippen molar-refractivity contribution in [1.29, 1.82) is 0 Å². The van der Waals surface area contributed by atoms with Crippen LogP contribution in [0.1, 0.15) is 16.7 Å². The molecule has 1 heterocycles. The fraction of sp³-hybridized carbons (Fsp3) is 0.0556. The third-order valence-corrected chi connectivity index (χ3v) is 4.41. The zero-order valence-electron chi connectivity index (χ0n) is 12.5. The summed E-state index contributed by atoms with van der Waals surface area (Å²) in [5.74, 6) is -1.39. The Hall–Kier alpha value is -2.73. The first-order valence-corrected chi connectivity index (χ1v) is 8.03. The molecule has 5 nitrogen and oxygen atoms in total. The Morgan fingerprint density at radius 3 is 2.08 bits per heavy atom. The molecule has 3 rings (SSSR count). The molecule has 1 saturated heterocycles. The lowest BCUT2D eigenvalue weighted by Gasteiger charge is -2.15. The summed E-state index contributed by atoms with van der Waals surface area (Å²) in [6.07, 6.45) is 2.15. The van der Waals surface area contributed by atoms with Crippen LogP contribution in [0.2, 0.25) is 0 Å². The number of rotatable bonds is 3. The number of nitrogens with one attached hydrogen (secondary N) is 2. The Balaban J connectivity index is 1.97. The highest BCUT2D eigenvalue weighted by Crippen LogP contribution is 2.23. The summed E-state index contributed by atoms with van der Waals surface area (Å²) in [6, 6.07) is 14.6. The monoisotopic (exact) mass is 384 g/mol. The van der Waals surface area contributed by atoms with Gasteiger partial charge < -0.3 is 0 Å². The van der Waals surface area contributed by atoms with Crippen molar-refractivity contribution in [3.63, 3.8) is 0 Å². The number of halogens is 1. The Kier molecular flexibility index (Phi) is 4.57. The van der Waals surface area contributed by atoms with Crippen LogP contribution in [0.4, 0.5) is 4.79 Å². The van der Waals surface area contributed by atoms with Crippen molar-refractivity contribution in [2.24, 2.45) is 0 Å². The van der Waals surface area contributed by atoms with Crippen LogP contribution in [0.3, 0.4) is 0 Å². The largest absolute Gasteiger partial charge is 0.328 e. The molecular formula is C18H13BrN2O3. The number of carbonyl (C=O) groups excluding carboxylic acids is 3. The molecule has 2 aromatic carbocycles. The number of carbonyl (C=O) groups is 3. The van der Waals surface area contributed by atoms with Crippen LogP contribution < -0.4 is 10.6 Å². The molecule has 0 radical (unpaired) electrons. The molecule has 120 valence electrons. The standard InChI is InChI=1S/C18H13BrN2O3/c19-15-8-4-3-7-13(15)9-11-5-1-2-6-12(11)10-14-16(22)20-18(24)21-17(14)23/h1-8,10H,9H2,(H2,20,21,22,23,24). The normalized spacial score (nSPS) is 14.2. The van der Waals surface area contributed by atoms with Crippen molar-refractivity contribution < 1.29 is 14.4 Å². The lowest BCUT2D eigenvalue weighted by molar-refractivity contribution is -0.123. The molecule has 0 aliphatic carbocycles. The fourth-order valence-corrected chi connectivity index (χ4v) is 2.87. The van der Waals surface area contributed by atoms with Crippen LogP contribution in [-0.4, -0.2) is 17.8 Å². The summed E-state index contributed by atoms with van der Waals surface area (Å²) in [7, 11) is 0. The number of barbiturate groups is 1. The van der Waals surface area contributed by atoms with Gasteiger partial charge in [0.2, 0.25) is 0 Å². The molecule has 6 heteroatoms. The first kappa shape index (κ1) is 16.1. The second kappa shape index (κ2) is 6.80. The molecule has 0 unspecified atom stereocenters. The lowest BCUT2D eigenvalue weighted by Crippen LogP contribution is -2.51. The minimum Gasteiger partial charge on any atom is -0.273 e. The van der Waals surface area contributed by atoms with Crippen LogP contribution in [0.5, 0.6) is 0 Å². The second-order valence-electron chi connectivity index (χ2n) is 5.26. The average Bonchev–Trinajstić information content (AvgIpc) is 2.54. The van der Waals surface area contributed by atoms with Gasteiger partial charge in [0.1, 0.15) is 5.57 Å². The fourth-order valence-electron chi connectivity index (χ4n) is 2.44. The van der Waals surface area contributed by atoms with E-state index in [0.717, 1.165) is 21.2 Å². The summed E-state index contributed by atoms with van der Waals surface area (Å²) in [5, 5.41) is 4.15. The number of urea groups is 1. The second-order valence-corrected chi connectivity index (χ2v) is 6.12. The minimum atomic E-state index is -0.802. The Morgan fingerprint density at radius 2 is 1.42 bits per heavy atom. The molecule has 0 spiro atoms. The molecule has 0 aromatic heterocycles. The van der Waals surface area contributed by atoms with Gasteiger partial charge in [0.25, 0.3) is 11.8 Å². The molecule has 4 amide bonds. The predicted molar refractivity (Wildman–Crippen MR) is 93.0 cm³/mol. The van der Waals surface area contributed by atoms with E-state index < -0.39 is 17.8 Å². The highest BCUT2D eigenvalue weighted by molar-refractivity contribution is 9.10. The van der Waals surface area contributed by atoms with Gasteiger partial charge in [-0.05, 0) is 35.3 Å². The van der Waals surface area contributed by atoms with E-state index in [1.165, 1.54) is 6.08 Å². The van der Waals surface area contributed by atoms with Gasteiger partial charge in [0.15, 0.2) is 0 Å². The van der Waals surface area contributed by atoms with Crippen LogP contribution in [0, 0.1) is 0 Å². The molecule has 1 fully saturated rings. The molecule has 0 saturated carbocycles. The number of hydrogen-bond acceptors (Lipinski definition) is 3. The van der Waals surface area contributed by atoms with Gasteiger partial charge in [-0.15, -0.1) is 0 Å². The summed E-state index contributed by atoms with van der Waals surface area (Å²) < 4.78 is 0.992. The van der Waals surface area contributed by atoms with Crippen LogP contribution in [-0.2, 0) is 16.0 Å². The highest BCUT2D eigenvalue weighted by atomic mass is 79.9. The zero-order valence-corrected chi connectivity index (χ0v) is 14.1. The van der Waals surface area contributed by atoms with E-state index in [-0.39, 0.29) is 5.57 Å². The summed E-state index contributed by atoms with van der Waals surface area (Å²) in [4.78, 5) is 34.9. The first-order chi connectivity index (χ1) is 11.5. The van der Waals surface area contributed by atoms with Gasteiger partial charge in [-0.1, -0.05) is 58.4 Å². The van der Waals surface area contributed by atoms with Gasteiger partial charge in [-0.2, -0.15) is 0 Å². The van der Waals surface area contributed by atoms with Crippen LogP contribution >= 0.6 is 15.9 Å². The zero-order chi connectivity index (χ0) is 17.1. The molecule has 1 aliphatic rings. The summed E-state index contributed by atoms with van der Waals surface area (Å²) in [6.45, 7) is 0. The van der Waals surface area contributed by atoms with E-state index in [4.69, 9.17) is 0 Å². The van der Waals surface area contributed by atoms with E-state index in [0.29, 0.717) is 6.42 Å². The third-order valence-electron chi connectivity index (χ3n) is 3.64. The van der Waals surface area contributed by atoms with E-state index in [1.807, 2.05) is 48.5 Å². The maximum absolute atomic E-state index is 11.9. The van der Waals surface area contributed by atoms with Gasteiger partial charge in [-0.3, -0.25) is 20.2 Å². The van der Waals surface area contributed by atoms with Crippen molar-refractivity contribution in [2.45, 2.75) is 6.42 Å². The van der Waals surface area contributed by atoms with Gasteiger partial charge >= 0.3 is 6.03 Å². The minimum absolute atomic E-state index is 0.0887. The number of hydrogen-bond donors (Lipinski definition) is 2. The van der Waals surface area contributed by atoms with Crippen molar-refractivity contribution in [3.8, 4) is 0 Å². The van der Waals surface area contributed by atoms with E-state index >= 15 is 0 Å². The number of benzene rings is 2. The first-order valence-electron chi connectivity index (χ1n) is 7.24. The molecule has 24 heavy (non-hydrogen) atoms. The van der Waals surface area contributed by atoms with Gasteiger partial charge in [-0.25, -0.2) is 4.79 Å². The number of imide groups is 2. The van der Waals surface area contributed by atoms with Gasteiger partial charge in [0, 0.05) is 4.47 Å². The molecular weight excluding hydrogens is 372 g/mol. The van der Waals surface area contributed by atoms with Gasteiger partial charge in [0.05, 0.1) is 0 Å². The molecule has 0 bridgehead atoms. The molecule has 2 aromatic rings. The molecule has 0 atom stereocenters. The molecule has 1 aliphatic heterocycles. The maximum atomic E-state index is 11.9. The average molecular weight is 385 g/mol.